The fourth-order valence-electron chi connectivity index (χ4n) is 2.26. The van der Waals surface area contributed by atoms with Crippen LogP contribution in [0.15, 0.2) is 0 Å². The van der Waals surface area contributed by atoms with Crippen molar-refractivity contribution in [3.8, 4) is 0 Å². The normalized spacial score (nSPS) is 22.0. The number of rotatable bonds is 2. The van der Waals surface area contributed by atoms with Gasteiger partial charge in [0.1, 0.15) is 0 Å². The third-order valence-electron chi connectivity index (χ3n) is 3.12. The van der Waals surface area contributed by atoms with Crippen LogP contribution in [0.3, 0.4) is 0 Å². The van der Waals surface area contributed by atoms with Crippen molar-refractivity contribution in [2.75, 3.05) is 0 Å². The average Bonchev–Trinajstić information content (AvgIpc) is 2.23. The maximum atomic E-state index is 8.78. The van der Waals surface area contributed by atoms with Crippen molar-refractivity contribution in [2.45, 2.75) is 70.3 Å². The van der Waals surface area contributed by atoms with Gasteiger partial charge in [0.2, 0.25) is 0 Å². The first-order valence-electron chi connectivity index (χ1n) is 6.30. The van der Waals surface area contributed by atoms with Gasteiger partial charge >= 0.3 is 7.32 Å². The molecule has 2 N–H and O–H groups in total. The Balaban J connectivity index is 2.25. The standard InChI is InChI=1S/C11H23BO3/c13-12(14)15-11-9-7-5-3-1-2-4-6-8-10-11/h11,13-14H,1-10H2. The van der Waals surface area contributed by atoms with Crippen LogP contribution in [0.4, 0.5) is 0 Å². The minimum absolute atomic E-state index is 0.0445. The summed E-state index contributed by atoms with van der Waals surface area (Å²) in [6.45, 7) is 0. The van der Waals surface area contributed by atoms with Crippen LogP contribution in [0.5, 0.6) is 0 Å². The zero-order chi connectivity index (χ0) is 10.9. The molecule has 0 saturated heterocycles. The molecule has 0 radical (unpaired) electrons. The number of hydrogen-bond donors (Lipinski definition) is 2. The summed E-state index contributed by atoms with van der Waals surface area (Å²) in [5.41, 5.74) is 0. The maximum absolute atomic E-state index is 8.78. The highest BCUT2D eigenvalue weighted by Gasteiger charge is 2.17. The lowest BCUT2D eigenvalue weighted by Crippen LogP contribution is -2.25. The van der Waals surface area contributed by atoms with Crippen molar-refractivity contribution in [1.29, 1.82) is 0 Å². The monoisotopic (exact) mass is 214 g/mol. The molecule has 0 atom stereocenters. The lowest BCUT2D eigenvalue weighted by Gasteiger charge is -2.17. The summed E-state index contributed by atoms with van der Waals surface area (Å²) in [5.74, 6) is 0. The highest BCUT2D eigenvalue weighted by atomic mass is 16.6. The summed E-state index contributed by atoms with van der Waals surface area (Å²) >= 11 is 0. The van der Waals surface area contributed by atoms with Crippen molar-refractivity contribution in [3.63, 3.8) is 0 Å². The Bertz CT molecular complexity index is 141. The van der Waals surface area contributed by atoms with Gasteiger partial charge in [-0.25, -0.2) is 0 Å². The molecule has 0 aromatic rings. The summed E-state index contributed by atoms with van der Waals surface area (Å²) in [6.07, 6.45) is 12.1. The predicted octanol–water partition coefficient (Wildman–Crippen LogP) is 2.26. The van der Waals surface area contributed by atoms with E-state index < -0.39 is 7.32 Å². The van der Waals surface area contributed by atoms with Crippen LogP contribution in [-0.4, -0.2) is 23.5 Å². The van der Waals surface area contributed by atoms with E-state index in [-0.39, 0.29) is 6.10 Å². The van der Waals surface area contributed by atoms with Crippen molar-refractivity contribution in [3.05, 3.63) is 0 Å². The highest BCUT2D eigenvalue weighted by Crippen LogP contribution is 2.18. The van der Waals surface area contributed by atoms with E-state index in [1.54, 1.807) is 0 Å². The van der Waals surface area contributed by atoms with Crippen LogP contribution in [-0.2, 0) is 4.65 Å². The second kappa shape index (κ2) is 8.14. The third-order valence-corrected chi connectivity index (χ3v) is 3.12. The summed E-state index contributed by atoms with van der Waals surface area (Å²) in [5, 5.41) is 17.6. The highest BCUT2D eigenvalue weighted by molar-refractivity contribution is 6.32. The van der Waals surface area contributed by atoms with Gasteiger partial charge in [0.25, 0.3) is 0 Å². The van der Waals surface area contributed by atoms with Gasteiger partial charge in [0.15, 0.2) is 0 Å². The first-order chi connectivity index (χ1) is 7.29. The molecule has 1 saturated carbocycles. The molecule has 1 rings (SSSR count). The molecule has 1 aliphatic carbocycles. The van der Waals surface area contributed by atoms with Gasteiger partial charge in [-0.15, -0.1) is 0 Å². The van der Waals surface area contributed by atoms with E-state index in [9.17, 15) is 0 Å². The zero-order valence-corrected chi connectivity index (χ0v) is 9.53. The Labute approximate surface area is 93.0 Å². The Kier molecular flexibility index (Phi) is 7.06. The molecular weight excluding hydrogens is 191 g/mol. The topological polar surface area (TPSA) is 49.7 Å². The van der Waals surface area contributed by atoms with Crippen LogP contribution in [0, 0.1) is 0 Å². The molecule has 88 valence electrons. The van der Waals surface area contributed by atoms with Gasteiger partial charge in [-0.05, 0) is 12.8 Å². The zero-order valence-electron chi connectivity index (χ0n) is 9.53. The fraction of sp³-hybridized carbons (Fsp3) is 1.00. The second-order valence-corrected chi connectivity index (χ2v) is 4.49. The maximum Gasteiger partial charge on any atom is 0.634 e. The molecular formula is C11H23BO3. The van der Waals surface area contributed by atoms with Crippen LogP contribution in [0.25, 0.3) is 0 Å². The quantitative estimate of drug-likeness (QED) is 0.693. The summed E-state index contributed by atoms with van der Waals surface area (Å²) < 4.78 is 5.07. The first kappa shape index (κ1) is 13.0. The molecule has 0 aromatic carbocycles. The molecule has 4 heteroatoms. The van der Waals surface area contributed by atoms with Crippen LogP contribution < -0.4 is 0 Å². The minimum Gasteiger partial charge on any atom is -0.402 e. The molecule has 0 spiro atoms. The molecule has 1 aliphatic rings. The first-order valence-corrected chi connectivity index (χ1v) is 6.30. The van der Waals surface area contributed by atoms with Gasteiger partial charge < -0.3 is 14.7 Å². The smallest absolute Gasteiger partial charge is 0.402 e. The van der Waals surface area contributed by atoms with Gasteiger partial charge in [0.05, 0.1) is 0 Å². The van der Waals surface area contributed by atoms with E-state index in [4.69, 9.17) is 14.7 Å². The molecule has 0 heterocycles. The van der Waals surface area contributed by atoms with Gasteiger partial charge in [-0.2, -0.15) is 0 Å². The molecule has 0 bridgehead atoms. The molecule has 0 unspecified atom stereocenters. The van der Waals surface area contributed by atoms with Crippen molar-refractivity contribution in [1.82, 2.24) is 0 Å². The predicted molar refractivity (Wildman–Crippen MR) is 61.2 cm³/mol. The molecule has 3 nitrogen and oxygen atoms in total. The largest absolute Gasteiger partial charge is 0.634 e. The van der Waals surface area contributed by atoms with E-state index in [1.165, 1.54) is 38.5 Å². The van der Waals surface area contributed by atoms with Gasteiger partial charge in [0, 0.05) is 6.10 Å². The minimum atomic E-state index is -1.60. The lowest BCUT2D eigenvalue weighted by atomic mass is 10.0. The van der Waals surface area contributed by atoms with E-state index in [0.29, 0.717) is 0 Å². The molecule has 0 aromatic heterocycles. The molecule has 1 fully saturated rings. The van der Waals surface area contributed by atoms with Crippen LogP contribution >= 0.6 is 0 Å². The summed E-state index contributed by atoms with van der Waals surface area (Å²) in [6, 6.07) is 0. The third kappa shape index (κ3) is 6.93. The van der Waals surface area contributed by atoms with Crippen LogP contribution in [0.2, 0.25) is 0 Å². The summed E-state index contributed by atoms with van der Waals surface area (Å²) in [4.78, 5) is 0. The average molecular weight is 214 g/mol. The van der Waals surface area contributed by atoms with E-state index in [0.717, 1.165) is 25.7 Å². The Morgan fingerprint density at radius 1 is 0.733 bits per heavy atom. The van der Waals surface area contributed by atoms with Gasteiger partial charge in [-0.3, -0.25) is 0 Å². The van der Waals surface area contributed by atoms with Crippen LogP contribution in [0.1, 0.15) is 64.2 Å². The van der Waals surface area contributed by atoms with Gasteiger partial charge in [-0.1, -0.05) is 51.4 Å². The Hall–Kier alpha value is -0.0551. The van der Waals surface area contributed by atoms with Crippen molar-refractivity contribution >= 4 is 7.32 Å². The Morgan fingerprint density at radius 2 is 1.13 bits per heavy atom. The SMILES string of the molecule is OB(O)OC1CCCCCCCCCC1. The number of hydrogen-bond acceptors (Lipinski definition) is 3. The second-order valence-electron chi connectivity index (χ2n) is 4.49. The van der Waals surface area contributed by atoms with E-state index in [1.807, 2.05) is 0 Å². The molecule has 0 aliphatic heterocycles. The summed E-state index contributed by atoms with van der Waals surface area (Å²) in [7, 11) is -1.60. The van der Waals surface area contributed by atoms with Crippen molar-refractivity contribution in [2.24, 2.45) is 0 Å². The molecule has 0 amide bonds. The molecule has 15 heavy (non-hydrogen) atoms. The van der Waals surface area contributed by atoms with E-state index in [2.05, 4.69) is 0 Å². The van der Waals surface area contributed by atoms with Crippen molar-refractivity contribution < 1.29 is 14.7 Å². The lowest BCUT2D eigenvalue weighted by molar-refractivity contribution is 0.101. The van der Waals surface area contributed by atoms with E-state index >= 15 is 0 Å². The fourth-order valence-corrected chi connectivity index (χ4v) is 2.26. The Morgan fingerprint density at radius 3 is 1.53 bits per heavy atom.